The minimum absolute atomic E-state index is 0.796. The van der Waals surface area contributed by atoms with Gasteiger partial charge in [-0.1, -0.05) is 29.8 Å². The third-order valence-electron chi connectivity index (χ3n) is 2.10. The topological polar surface area (TPSA) is 25.8 Å². The molecule has 0 saturated carbocycles. The van der Waals surface area contributed by atoms with Gasteiger partial charge in [-0.3, -0.25) is 0 Å². The zero-order valence-corrected chi connectivity index (χ0v) is 8.36. The number of hydrogen-bond acceptors (Lipinski definition) is 2. The molecule has 2 rings (SSSR count). The van der Waals surface area contributed by atoms with Gasteiger partial charge in [-0.15, -0.1) is 0 Å². The number of nitrogens with zero attached hydrogens (tertiary/aromatic N) is 2. The fourth-order valence-corrected chi connectivity index (χ4v) is 1.29. The second-order valence-corrected chi connectivity index (χ2v) is 3.39. The SMILES string of the molecule is Cc1ccc(-c2nccc(C)n2)cc1. The molecule has 70 valence electrons. The zero-order valence-electron chi connectivity index (χ0n) is 8.36. The summed E-state index contributed by atoms with van der Waals surface area (Å²) in [5, 5.41) is 0. The van der Waals surface area contributed by atoms with Crippen LogP contribution in [0.4, 0.5) is 0 Å². The van der Waals surface area contributed by atoms with Crippen molar-refractivity contribution in [2.45, 2.75) is 13.8 Å². The lowest BCUT2D eigenvalue weighted by molar-refractivity contribution is 1.11. The van der Waals surface area contributed by atoms with Crippen LogP contribution in [0.25, 0.3) is 11.4 Å². The van der Waals surface area contributed by atoms with Crippen molar-refractivity contribution < 1.29 is 0 Å². The van der Waals surface area contributed by atoms with Crippen LogP contribution in [0.5, 0.6) is 0 Å². The van der Waals surface area contributed by atoms with Crippen LogP contribution < -0.4 is 0 Å². The Kier molecular flexibility index (Phi) is 2.27. The molecule has 0 bridgehead atoms. The molecule has 0 fully saturated rings. The van der Waals surface area contributed by atoms with Crippen molar-refractivity contribution in [2.75, 3.05) is 0 Å². The van der Waals surface area contributed by atoms with Gasteiger partial charge in [0.15, 0.2) is 5.82 Å². The van der Waals surface area contributed by atoms with Crippen molar-refractivity contribution in [2.24, 2.45) is 0 Å². The van der Waals surface area contributed by atoms with Crippen LogP contribution in [0, 0.1) is 13.8 Å². The summed E-state index contributed by atoms with van der Waals surface area (Å²) < 4.78 is 0. The third kappa shape index (κ3) is 1.79. The van der Waals surface area contributed by atoms with Gasteiger partial charge in [-0.25, -0.2) is 9.97 Å². The van der Waals surface area contributed by atoms with Crippen molar-refractivity contribution in [3.05, 3.63) is 47.8 Å². The fraction of sp³-hybridized carbons (Fsp3) is 0.167. The molecule has 14 heavy (non-hydrogen) atoms. The number of aryl methyl sites for hydroxylation is 2. The minimum atomic E-state index is 0.796. The molecule has 1 heterocycles. The minimum Gasteiger partial charge on any atom is -0.237 e. The molecule has 0 radical (unpaired) electrons. The predicted octanol–water partition coefficient (Wildman–Crippen LogP) is 2.76. The molecule has 0 N–H and O–H groups in total. The lowest BCUT2D eigenvalue weighted by Crippen LogP contribution is -1.90. The summed E-state index contributed by atoms with van der Waals surface area (Å²) in [6.07, 6.45) is 1.79. The first-order valence-corrected chi connectivity index (χ1v) is 4.62. The Balaban J connectivity index is 2.44. The molecule has 0 aliphatic rings. The average molecular weight is 184 g/mol. The first kappa shape index (κ1) is 8.88. The van der Waals surface area contributed by atoms with Crippen LogP contribution in [-0.2, 0) is 0 Å². The summed E-state index contributed by atoms with van der Waals surface area (Å²) in [6.45, 7) is 4.04. The van der Waals surface area contributed by atoms with E-state index in [-0.39, 0.29) is 0 Å². The summed E-state index contributed by atoms with van der Waals surface area (Å²) in [5.41, 5.74) is 3.32. The van der Waals surface area contributed by atoms with Gasteiger partial charge in [0.1, 0.15) is 0 Å². The Bertz CT molecular complexity index is 432. The van der Waals surface area contributed by atoms with Crippen molar-refractivity contribution in [1.29, 1.82) is 0 Å². The van der Waals surface area contributed by atoms with E-state index in [4.69, 9.17) is 0 Å². The van der Waals surface area contributed by atoms with E-state index in [9.17, 15) is 0 Å². The molecule has 1 aromatic carbocycles. The van der Waals surface area contributed by atoms with E-state index in [0.29, 0.717) is 0 Å². The van der Waals surface area contributed by atoms with Crippen LogP contribution in [0.2, 0.25) is 0 Å². The van der Waals surface area contributed by atoms with Crippen LogP contribution >= 0.6 is 0 Å². The van der Waals surface area contributed by atoms with E-state index in [0.717, 1.165) is 17.1 Å². The Morgan fingerprint density at radius 3 is 2.29 bits per heavy atom. The highest BCUT2D eigenvalue weighted by atomic mass is 14.9. The molecule has 0 amide bonds. The van der Waals surface area contributed by atoms with E-state index in [1.165, 1.54) is 5.56 Å². The molecular weight excluding hydrogens is 172 g/mol. The van der Waals surface area contributed by atoms with E-state index < -0.39 is 0 Å². The average Bonchev–Trinajstić information content (AvgIpc) is 2.19. The highest BCUT2D eigenvalue weighted by molar-refractivity contribution is 5.55. The molecule has 2 heteroatoms. The maximum atomic E-state index is 4.36. The lowest BCUT2D eigenvalue weighted by atomic mass is 10.1. The fourth-order valence-electron chi connectivity index (χ4n) is 1.29. The summed E-state index contributed by atoms with van der Waals surface area (Å²) in [7, 11) is 0. The number of rotatable bonds is 1. The van der Waals surface area contributed by atoms with Gasteiger partial charge in [0, 0.05) is 17.5 Å². The summed E-state index contributed by atoms with van der Waals surface area (Å²) in [6, 6.07) is 10.1. The Hall–Kier alpha value is -1.70. The Morgan fingerprint density at radius 1 is 0.929 bits per heavy atom. The second-order valence-electron chi connectivity index (χ2n) is 3.39. The predicted molar refractivity (Wildman–Crippen MR) is 56.9 cm³/mol. The number of benzene rings is 1. The Labute approximate surface area is 83.7 Å². The van der Waals surface area contributed by atoms with Crippen LogP contribution in [0.3, 0.4) is 0 Å². The van der Waals surface area contributed by atoms with Crippen LogP contribution in [-0.4, -0.2) is 9.97 Å². The lowest BCUT2D eigenvalue weighted by Gasteiger charge is -2.00. The first-order valence-electron chi connectivity index (χ1n) is 4.62. The quantitative estimate of drug-likeness (QED) is 0.681. The smallest absolute Gasteiger partial charge is 0.159 e. The number of hydrogen-bond donors (Lipinski definition) is 0. The Morgan fingerprint density at radius 2 is 1.64 bits per heavy atom. The normalized spacial score (nSPS) is 10.1. The summed E-state index contributed by atoms with van der Waals surface area (Å²) in [4.78, 5) is 8.59. The molecule has 0 saturated heterocycles. The van der Waals surface area contributed by atoms with Crippen molar-refractivity contribution >= 4 is 0 Å². The monoisotopic (exact) mass is 184 g/mol. The highest BCUT2D eigenvalue weighted by Crippen LogP contribution is 2.14. The molecule has 0 spiro atoms. The first-order chi connectivity index (χ1) is 6.75. The summed E-state index contributed by atoms with van der Waals surface area (Å²) >= 11 is 0. The van der Waals surface area contributed by atoms with Gasteiger partial charge in [0.05, 0.1) is 0 Å². The molecule has 2 nitrogen and oxygen atoms in total. The van der Waals surface area contributed by atoms with Crippen LogP contribution in [0.1, 0.15) is 11.3 Å². The molecule has 0 unspecified atom stereocenters. The van der Waals surface area contributed by atoms with Crippen molar-refractivity contribution in [3.8, 4) is 11.4 Å². The van der Waals surface area contributed by atoms with Crippen LogP contribution in [0.15, 0.2) is 36.5 Å². The second kappa shape index (κ2) is 3.58. The molecule has 0 atom stereocenters. The van der Waals surface area contributed by atoms with Gasteiger partial charge in [-0.2, -0.15) is 0 Å². The largest absolute Gasteiger partial charge is 0.237 e. The van der Waals surface area contributed by atoms with E-state index in [1.807, 2.05) is 25.1 Å². The van der Waals surface area contributed by atoms with E-state index in [1.54, 1.807) is 6.20 Å². The molecule has 0 aliphatic heterocycles. The number of aromatic nitrogens is 2. The van der Waals surface area contributed by atoms with E-state index in [2.05, 4.69) is 29.0 Å². The van der Waals surface area contributed by atoms with Gasteiger partial charge in [-0.05, 0) is 19.9 Å². The highest BCUT2D eigenvalue weighted by Gasteiger charge is 1.99. The maximum absolute atomic E-state index is 4.36. The molecule has 0 aliphatic carbocycles. The maximum Gasteiger partial charge on any atom is 0.159 e. The van der Waals surface area contributed by atoms with Gasteiger partial charge in [0.2, 0.25) is 0 Å². The zero-order chi connectivity index (χ0) is 9.97. The standard InChI is InChI=1S/C12H12N2/c1-9-3-5-11(6-4-9)12-13-8-7-10(2)14-12/h3-8H,1-2H3. The van der Waals surface area contributed by atoms with Crippen molar-refractivity contribution in [1.82, 2.24) is 9.97 Å². The van der Waals surface area contributed by atoms with E-state index >= 15 is 0 Å². The molecular formula is C12H12N2. The third-order valence-corrected chi connectivity index (χ3v) is 2.10. The van der Waals surface area contributed by atoms with Gasteiger partial charge in [0.25, 0.3) is 0 Å². The van der Waals surface area contributed by atoms with Gasteiger partial charge >= 0.3 is 0 Å². The van der Waals surface area contributed by atoms with Gasteiger partial charge < -0.3 is 0 Å². The molecule has 2 aromatic rings. The summed E-state index contributed by atoms with van der Waals surface area (Å²) in [5.74, 6) is 0.796. The molecule has 1 aromatic heterocycles. The van der Waals surface area contributed by atoms with Crippen molar-refractivity contribution in [3.63, 3.8) is 0 Å².